The number of allylic oxidation sites excluding steroid dienone is 1. The standard InChI is InChI=1S/C31H30N4O9/c1-18-27(30(38)42-4)28(34-31(39)33-18)21-9-14-24(25(15-21)41-3)43-17-26(36)35-32-16-19-5-10-23(11-6-19)44-29(37)20-7-12-22(40-2)13-8-20/h5-16,28H,17H2,1-4H3,(H,35,36)(H2,33,34,39)/b32-16-/t28-/m1/s1. The molecule has 0 unspecified atom stereocenters. The number of carbonyl (C=O) groups is 4. The van der Waals surface area contributed by atoms with E-state index in [1.807, 2.05) is 0 Å². The largest absolute Gasteiger partial charge is 0.497 e. The quantitative estimate of drug-likeness (QED) is 0.129. The zero-order valence-corrected chi connectivity index (χ0v) is 24.3. The van der Waals surface area contributed by atoms with Gasteiger partial charge in [0, 0.05) is 5.70 Å². The summed E-state index contributed by atoms with van der Waals surface area (Å²) in [6, 6.07) is 16.6. The molecule has 13 heteroatoms. The van der Waals surface area contributed by atoms with Crippen LogP contribution in [0.15, 0.2) is 83.1 Å². The van der Waals surface area contributed by atoms with Crippen molar-refractivity contribution < 1.29 is 42.9 Å². The van der Waals surface area contributed by atoms with Crippen molar-refractivity contribution in [1.29, 1.82) is 0 Å². The Morgan fingerprint density at radius 1 is 0.886 bits per heavy atom. The zero-order valence-electron chi connectivity index (χ0n) is 24.3. The van der Waals surface area contributed by atoms with Gasteiger partial charge in [0.1, 0.15) is 11.5 Å². The molecule has 0 saturated heterocycles. The summed E-state index contributed by atoms with van der Waals surface area (Å²) >= 11 is 0. The maximum absolute atomic E-state index is 12.4. The second kappa shape index (κ2) is 14.4. The van der Waals surface area contributed by atoms with Gasteiger partial charge in [-0.25, -0.2) is 19.8 Å². The molecule has 4 rings (SSSR count). The fourth-order valence-corrected chi connectivity index (χ4v) is 4.18. The number of amides is 3. The Hall–Kier alpha value is -5.85. The van der Waals surface area contributed by atoms with Crippen LogP contribution >= 0.6 is 0 Å². The smallest absolute Gasteiger partial charge is 0.343 e. The summed E-state index contributed by atoms with van der Waals surface area (Å²) < 4.78 is 26.3. The van der Waals surface area contributed by atoms with Crippen LogP contribution in [-0.2, 0) is 14.3 Å². The number of rotatable bonds is 11. The average Bonchev–Trinajstić information content (AvgIpc) is 3.03. The van der Waals surface area contributed by atoms with E-state index in [0.717, 1.165) is 0 Å². The van der Waals surface area contributed by atoms with E-state index in [2.05, 4.69) is 21.2 Å². The molecule has 0 aromatic heterocycles. The van der Waals surface area contributed by atoms with Crippen molar-refractivity contribution in [3.63, 3.8) is 0 Å². The lowest BCUT2D eigenvalue weighted by atomic mass is 9.95. The van der Waals surface area contributed by atoms with Crippen LogP contribution in [-0.4, -0.2) is 58.0 Å². The summed E-state index contributed by atoms with van der Waals surface area (Å²) in [6.45, 7) is 1.23. The molecule has 0 radical (unpaired) electrons. The number of nitrogens with one attached hydrogen (secondary N) is 3. The number of hydrazone groups is 1. The Bertz CT molecular complexity index is 1600. The molecule has 1 aliphatic rings. The van der Waals surface area contributed by atoms with Crippen molar-refractivity contribution in [2.24, 2.45) is 5.10 Å². The monoisotopic (exact) mass is 602 g/mol. The van der Waals surface area contributed by atoms with Crippen LogP contribution in [0.1, 0.15) is 34.5 Å². The lowest BCUT2D eigenvalue weighted by Gasteiger charge is -2.28. The maximum atomic E-state index is 12.4. The molecule has 3 N–H and O–H groups in total. The van der Waals surface area contributed by atoms with Crippen molar-refractivity contribution in [2.45, 2.75) is 13.0 Å². The summed E-state index contributed by atoms with van der Waals surface area (Å²) in [5.41, 5.74) is 4.55. The van der Waals surface area contributed by atoms with Gasteiger partial charge in [-0.05, 0) is 78.7 Å². The number of urea groups is 1. The number of ether oxygens (including phenoxy) is 5. The number of benzene rings is 3. The van der Waals surface area contributed by atoms with Gasteiger partial charge in [-0.15, -0.1) is 0 Å². The van der Waals surface area contributed by atoms with Gasteiger partial charge < -0.3 is 34.3 Å². The van der Waals surface area contributed by atoms with E-state index in [1.54, 1.807) is 80.8 Å². The highest BCUT2D eigenvalue weighted by Crippen LogP contribution is 2.34. The normalized spacial score (nSPS) is 14.3. The second-order valence-electron chi connectivity index (χ2n) is 9.24. The van der Waals surface area contributed by atoms with Crippen LogP contribution in [0.5, 0.6) is 23.0 Å². The first-order valence-corrected chi connectivity index (χ1v) is 13.2. The molecule has 0 aliphatic carbocycles. The van der Waals surface area contributed by atoms with E-state index in [9.17, 15) is 19.2 Å². The predicted molar refractivity (Wildman–Crippen MR) is 158 cm³/mol. The molecule has 1 atom stereocenters. The number of hydrogen-bond acceptors (Lipinski definition) is 10. The molecule has 13 nitrogen and oxygen atoms in total. The molecule has 0 spiro atoms. The first-order chi connectivity index (χ1) is 21.2. The fourth-order valence-electron chi connectivity index (χ4n) is 4.18. The maximum Gasteiger partial charge on any atom is 0.343 e. The van der Waals surface area contributed by atoms with Crippen molar-refractivity contribution in [1.82, 2.24) is 16.1 Å². The predicted octanol–water partition coefficient (Wildman–Crippen LogP) is 3.25. The van der Waals surface area contributed by atoms with E-state index >= 15 is 0 Å². The fraction of sp³-hybridized carbons (Fsp3) is 0.194. The Labute approximate surface area is 252 Å². The van der Waals surface area contributed by atoms with Crippen LogP contribution in [0.2, 0.25) is 0 Å². The summed E-state index contributed by atoms with van der Waals surface area (Å²) in [4.78, 5) is 49.1. The van der Waals surface area contributed by atoms with E-state index in [4.69, 9.17) is 23.7 Å². The summed E-state index contributed by atoms with van der Waals surface area (Å²) in [5.74, 6) is -0.126. The molecule has 3 amide bonds. The van der Waals surface area contributed by atoms with Crippen molar-refractivity contribution >= 4 is 30.1 Å². The zero-order chi connectivity index (χ0) is 31.6. The van der Waals surface area contributed by atoms with Crippen molar-refractivity contribution in [3.8, 4) is 23.0 Å². The van der Waals surface area contributed by atoms with Crippen LogP contribution in [0.3, 0.4) is 0 Å². The molecule has 0 fully saturated rings. The lowest BCUT2D eigenvalue weighted by Crippen LogP contribution is -2.45. The highest BCUT2D eigenvalue weighted by molar-refractivity contribution is 5.95. The first kappa shape index (κ1) is 31.1. The van der Waals surface area contributed by atoms with Gasteiger partial charge in [0.15, 0.2) is 18.1 Å². The highest BCUT2D eigenvalue weighted by Gasteiger charge is 2.32. The molecular weight excluding hydrogens is 572 g/mol. The number of esters is 2. The van der Waals surface area contributed by atoms with Gasteiger partial charge in [-0.1, -0.05) is 6.07 Å². The molecule has 1 heterocycles. The molecule has 228 valence electrons. The molecule has 3 aromatic carbocycles. The molecule has 0 bridgehead atoms. The number of nitrogens with zero attached hydrogens (tertiary/aromatic N) is 1. The highest BCUT2D eigenvalue weighted by atomic mass is 16.5. The minimum absolute atomic E-state index is 0.240. The third-order valence-corrected chi connectivity index (χ3v) is 6.37. The molecule has 44 heavy (non-hydrogen) atoms. The van der Waals surface area contributed by atoms with E-state index in [-0.39, 0.29) is 23.7 Å². The third kappa shape index (κ3) is 7.70. The molecule has 3 aromatic rings. The molecule has 1 aliphatic heterocycles. The molecule has 0 saturated carbocycles. The van der Waals surface area contributed by atoms with Crippen molar-refractivity contribution in [2.75, 3.05) is 27.9 Å². The molecular formula is C31H30N4O9. The number of carbonyl (C=O) groups excluding carboxylic acids is 4. The Morgan fingerprint density at radius 3 is 2.25 bits per heavy atom. The van der Waals surface area contributed by atoms with Gasteiger partial charge in [0.25, 0.3) is 5.91 Å². The van der Waals surface area contributed by atoms with Gasteiger partial charge in [0.2, 0.25) is 0 Å². The van der Waals surface area contributed by atoms with E-state index < -0.39 is 29.9 Å². The summed E-state index contributed by atoms with van der Waals surface area (Å²) in [5, 5.41) is 9.18. The van der Waals surface area contributed by atoms with Crippen LogP contribution in [0.4, 0.5) is 4.79 Å². The SMILES string of the molecule is COC(=O)C1=C(C)NC(=O)N[C@@H]1c1ccc(OCC(=O)N/N=C\c2ccc(OC(=O)c3ccc(OC)cc3)cc2)c(OC)c1. The summed E-state index contributed by atoms with van der Waals surface area (Å²) in [7, 11) is 4.22. The van der Waals surface area contributed by atoms with Crippen LogP contribution in [0.25, 0.3) is 0 Å². The van der Waals surface area contributed by atoms with Gasteiger partial charge >= 0.3 is 18.0 Å². The minimum atomic E-state index is -0.786. The summed E-state index contributed by atoms with van der Waals surface area (Å²) in [6.07, 6.45) is 1.42. The van der Waals surface area contributed by atoms with Gasteiger partial charge in [-0.2, -0.15) is 5.10 Å². The first-order valence-electron chi connectivity index (χ1n) is 13.2. The second-order valence-corrected chi connectivity index (χ2v) is 9.24. The minimum Gasteiger partial charge on any atom is -0.497 e. The van der Waals surface area contributed by atoms with Crippen molar-refractivity contribution in [3.05, 3.63) is 94.7 Å². The van der Waals surface area contributed by atoms with Crippen LogP contribution in [0, 0.1) is 0 Å². The third-order valence-electron chi connectivity index (χ3n) is 6.37. The van der Waals surface area contributed by atoms with Gasteiger partial charge in [0.05, 0.1) is 44.7 Å². The Kier molecular flexibility index (Phi) is 10.1. The number of methoxy groups -OCH3 is 3. The average molecular weight is 603 g/mol. The lowest BCUT2D eigenvalue weighted by molar-refractivity contribution is -0.136. The van der Waals surface area contributed by atoms with E-state index in [0.29, 0.717) is 33.9 Å². The topological polar surface area (TPSA) is 163 Å². The Balaban J connectivity index is 1.31. The van der Waals surface area contributed by atoms with Crippen LogP contribution < -0.4 is 35.0 Å². The Morgan fingerprint density at radius 2 is 1.59 bits per heavy atom. The van der Waals surface area contributed by atoms with E-state index in [1.165, 1.54) is 20.4 Å². The number of hydrogen-bond donors (Lipinski definition) is 3. The van der Waals surface area contributed by atoms with Gasteiger partial charge in [-0.3, -0.25) is 4.79 Å².